The van der Waals surface area contributed by atoms with Crippen molar-refractivity contribution >= 4 is 17.7 Å². The molecular formula is C9H9F3N2OS. The van der Waals surface area contributed by atoms with Crippen LogP contribution in [0, 0.1) is 0 Å². The molecule has 0 aliphatic rings. The number of aromatic nitrogens is 1. The zero-order valence-corrected chi connectivity index (χ0v) is 8.94. The van der Waals surface area contributed by atoms with Crippen LogP contribution in [0.4, 0.5) is 13.2 Å². The van der Waals surface area contributed by atoms with Crippen LogP contribution in [-0.4, -0.2) is 28.7 Å². The van der Waals surface area contributed by atoms with Gasteiger partial charge >= 0.3 is 5.51 Å². The fourth-order valence-corrected chi connectivity index (χ4v) is 1.35. The summed E-state index contributed by atoms with van der Waals surface area (Å²) in [6.07, 6.45) is 1.44. The number of rotatable bonds is 4. The molecule has 88 valence electrons. The maximum Gasteiger partial charge on any atom is 0.441 e. The molecule has 0 saturated heterocycles. The second kappa shape index (κ2) is 5.74. The van der Waals surface area contributed by atoms with Gasteiger partial charge in [-0.3, -0.25) is 9.78 Å². The third-order valence-electron chi connectivity index (χ3n) is 1.55. The molecule has 1 rings (SSSR count). The average molecular weight is 250 g/mol. The lowest BCUT2D eigenvalue weighted by Gasteiger charge is -2.06. The van der Waals surface area contributed by atoms with Crippen molar-refractivity contribution < 1.29 is 18.0 Å². The molecule has 1 N–H and O–H groups in total. The standard InChI is InChI=1S/C9H9F3N2OS/c10-9(11,12)16-6-5-14-8(15)7-3-1-2-4-13-7/h1-4H,5-6H2,(H,14,15). The molecule has 7 heteroatoms. The van der Waals surface area contributed by atoms with Gasteiger partial charge in [0.2, 0.25) is 0 Å². The molecule has 0 atom stereocenters. The maximum atomic E-state index is 11.7. The lowest BCUT2D eigenvalue weighted by molar-refractivity contribution is -0.0327. The fraction of sp³-hybridized carbons (Fsp3) is 0.333. The Bertz CT molecular complexity index is 342. The van der Waals surface area contributed by atoms with Gasteiger partial charge in [-0.15, -0.1) is 0 Å². The summed E-state index contributed by atoms with van der Waals surface area (Å²) in [6.45, 7) is -0.0421. The van der Waals surface area contributed by atoms with Gasteiger partial charge in [-0.05, 0) is 23.9 Å². The monoisotopic (exact) mass is 250 g/mol. The largest absolute Gasteiger partial charge is 0.441 e. The zero-order chi connectivity index (χ0) is 12.0. The average Bonchev–Trinajstić information content (AvgIpc) is 2.24. The first-order valence-corrected chi connectivity index (χ1v) is 5.37. The molecule has 0 unspecified atom stereocenters. The molecule has 1 aromatic heterocycles. The van der Waals surface area contributed by atoms with Crippen LogP contribution >= 0.6 is 11.8 Å². The third-order valence-corrected chi connectivity index (χ3v) is 2.29. The van der Waals surface area contributed by atoms with Crippen molar-refractivity contribution in [3.05, 3.63) is 30.1 Å². The third kappa shape index (κ3) is 5.01. The quantitative estimate of drug-likeness (QED) is 0.832. The smallest absolute Gasteiger partial charge is 0.350 e. The van der Waals surface area contributed by atoms with Crippen molar-refractivity contribution in [1.29, 1.82) is 0 Å². The Labute approximate surface area is 94.4 Å². The molecule has 0 aromatic carbocycles. The fourth-order valence-electron chi connectivity index (χ4n) is 0.919. The highest BCUT2D eigenvalue weighted by Crippen LogP contribution is 2.29. The number of halogens is 3. The van der Waals surface area contributed by atoms with E-state index in [9.17, 15) is 18.0 Å². The first-order valence-electron chi connectivity index (χ1n) is 4.39. The van der Waals surface area contributed by atoms with Crippen molar-refractivity contribution in [2.75, 3.05) is 12.3 Å². The second-order valence-corrected chi connectivity index (χ2v) is 3.92. The topological polar surface area (TPSA) is 42.0 Å². The Morgan fingerprint density at radius 3 is 2.75 bits per heavy atom. The maximum absolute atomic E-state index is 11.7. The molecule has 0 saturated carbocycles. The molecular weight excluding hydrogens is 241 g/mol. The molecule has 0 aliphatic heterocycles. The van der Waals surface area contributed by atoms with Gasteiger partial charge in [-0.25, -0.2) is 0 Å². The summed E-state index contributed by atoms with van der Waals surface area (Å²) in [5.74, 6) is -0.675. The molecule has 16 heavy (non-hydrogen) atoms. The normalized spacial score (nSPS) is 11.2. The van der Waals surface area contributed by atoms with Crippen LogP contribution in [0.2, 0.25) is 0 Å². The number of pyridine rings is 1. The van der Waals surface area contributed by atoms with Crippen molar-refractivity contribution in [1.82, 2.24) is 10.3 Å². The summed E-state index contributed by atoms with van der Waals surface area (Å²) in [5.41, 5.74) is -4.06. The lowest BCUT2D eigenvalue weighted by Crippen LogP contribution is -2.27. The van der Waals surface area contributed by atoms with Gasteiger partial charge in [0, 0.05) is 18.5 Å². The molecule has 0 bridgehead atoms. The van der Waals surface area contributed by atoms with E-state index >= 15 is 0 Å². The van der Waals surface area contributed by atoms with Gasteiger partial charge in [0.1, 0.15) is 5.69 Å². The van der Waals surface area contributed by atoms with Crippen LogP contribution in [-0.2, 0) is 0 Å². The highest BCUT2D eigenvalue weighted by molar-refractivity contribution is 8.00. The molecule has 0 radical (unpaired) electrons. The molecule has 1 amide bonds. The van der Waals surface area contributed by atoms with E-state index in [-0.39, 0.29) is 29.8 Å². The predicted octanol–water partition coefficient (Wildman–Crippen LogP) is 2.06. The van der Waals surface area contributed by atoms with Crippen LogP contribution in [0.5, 0.6) is 0 Å². The zero-order valence-electron chi connectivity index (χ0n) is 8.12. The molecule has 0 fully saturated rings. The van der Waals surface area contributed by atoms with Gasteiger partial charge in [-0.2, -0.15) is 13.2 Å². The van der Waals surface area contributed by atoms with Gasteiger partial charge in [-0.1, -0.05) is 6.07 Å². The van der Waals surface area contributed by atoms with Crippen molar-refractivity contribution in [2.45, 2.75) is 5.51 Å². The van der Waals surface area contributed by atoms with Crippen LogP contribution in [0.3, 0.4) is 0 Å². The minimum atomic E-state index is -4.25. The van der Waals surface area contributed by atoms with Crippen LogP contribution in [0.15, 0.2) is 24.4 Å². The Kier molecular flexibility index (Phi) is 4.60. The van der Waals surface area contributed by atoms with Gasteiger partial charge in [0.25, 0.3) is 5.91 Å². The molecule has 0 spiro atoms. The number of amides is 1. The van der Waals surface area contributed by atoms with Crippen LogP contribution < -0.4 is 5.32 Å². The Hall–Kier alpha value is -1.24. The molecule has 0 aliphatic carbocycles. The molecule has 1 aromatic rings. The summed E-state index contributed by atoms with van der Waals surface area (Å²) >= 11 is -0.164. The summed E-state index contributed by atoms with van der Waals surface area (Å²) < 4.78 is 35.2. The van der Waals surface area contributed by atoms with Crippen molar-refractivity contribution in [2.24, 2.45) is 0 Å². The summed E-state index contributed by atoms with van der Waals surface area (Å²) in [5, 5.41) is 2.35. The van der Waals surface area contributed by atoms with E-state index in [4.69, 9.17) is 0 Å². The van der Waals surface area contributed by atoms with Gasteiger partial charge < -0.3 is 5.32 Å². The minimum Gasteiger partial charge on any atom is -0.350 e. The second-order valence-electron chi connectivity index (χ2n) is 2.77. The highest BCUT2D eigenvalue weighted by Gasteiger charge is 2.27. The number of carbonyl (C=O) groups is 1. The first kappa shape index (κ1) is 12.8. The van der Waals surface area contributed by atoms with Gasteiger partial charge in [0.05, 0.1) is 0 Å². The number of hydrogen-bond donors (Lipinski definition) is 1. The lowest BCUT2D eigenvalue weighted by atomic mass is 10.3. The van der Waals surface area contributed by atoms with E-state index in [1.165, 1.54) is 12.3 Å². The summed E-state index contributed by atoms with van der Waals surface area (Å²) in [6, 6.07) is 4.77. The van der Waals surface area contributed by atoms with E-state index in [1.807, 2.05) is 0 Å². The Morgan fingerprint density at radius 1 is 1.44 bits per heavy atom. The minimum absolute atomic E-state index is 0.0421. The van der Waals surface area contributed by atoms with E-state index < -0.39 is 11.4 Å². The summed E-state index contributed by atoms with van der Waals surface area (Å²) in [4.78, 5) is 15.1. The van der Waals surface area contributed by atoms with E-state index in [0.29, 0.717) is 0 Å². The van der Waals surface area contributed by atoms with Crippen LogP contribution in [0.25, 0.3) is 0 Å². The SMILES string of the molecule is O=C(NCCSC(F)(F)F)c1ccccn1. The van der Waals surface area contributed by atoms with Crippen LogP contribution in [0.1, 0.15) is 10.5 Å². The van der Waals surface area contributed by atoms with E-state index in [0.717, 1.165) is 0 Å². The number of nitrogens with one attached hydrogen (secondary N) is 1. The highest BCUT2D eigenvalue weighted by atomic mass is 32.2. The van der Waals surface area contributed by atoms with Crippen molar-refractivity contribution in [3.8, 4) is 0 Å². The molecule has 1 heterocycles. The first-order chi connectivity index (χ1) is 7.49. The number of carbonyl (C=O) groups excluding carboxylic acids is 1. The number of hydrogen-bond acceptors (Lipinski definition) is 3. The van der Waals surface area contributed by atoms with E-state index in [1.54, 1.807) is 12.1 Å². The van der Waals surface area contributed by atoms with Crippen molar-refractivity contribution in [3.63, 3.8) is 0 Å². The molecule has 3 nitrogen and oxygen atoms in total. The van der Waals surface area contributed by atoms with Gasteiger partial charge in [0.15, 0.2) is 0 Å². The Balaban J connectivity index is 2.27. The number of alkyl halides is 3. The number of nitrogens with zero attached hydrogens (tertiary/aromatic N) is 1. The Morgan fingerprint density at radius 2 is 2.19 bits per heavy atom. The number of thioether (sulfide) groups is 1. The predicted molar refractivity (Wildman–Crippen MR) is 55.1 cm³/mol. The van der Waals surface area contributed by atoms with E-state index in [2.05, 4.69) is 10.3 Å². The summed E-state index contributed by atoms with van der Waals surface area (Å²) in [7, 11) is 0.